The van der Waals surface area contributed by atoms with E-state index in [0.717, 1.165) is 5.69 Å². The molecule has 0 atom stereocenters. The van der Waals surface area contributed by atoms with Crippen LogP contribution in [-0.4, -0.2) is 13.0 Å². The molecule has 0 radical (unpaired) electrons. The van der Waals surface area contributed by atoms with Crippen LogP contribution in [-0.2, 0) is 0 Å². The zero-order chi connectivity index (χ0) is 13.8. The number of halogens is 2. The van der Waals surface area contributed by atoms with Gasteiger partial charge in [0, 0.05) is 17.2 Å². The Morgan fingerprint density at radius 2 is 1.89 bits per heavy atom. The highest BCUT2D eigenvalue weighted by Gasteiger charge is 2.11. The molecule has 2 N–H and O–H groups in total. The van der Waals surface area contributed by atoms with Crippen LogP contribution in [0.5, 0.6) is 0 Å². The molecule has 0 aliphatic heterocycles. The summed E-state index contributed by atoms with van der Waals surface area (Å²) < 4.78 is 13.5. The van der Waals surface area contributed by atoms with E-state index in [1.807, 2.05) is 12.1 Å². The first-order valence-corrected chi connectivity index (χ1v) is 6.44. The number of carbonyl (C=O) groups excluding carboxylic acids is 1. The molecule has 0 bridgehead atoms. The molecule has 0 fully saturated rings. The molecule has 0 aromatic heterocycles. The second-order valence-corrected chi connectivity index (χ2v) is 4.73. The summed E-state index contributed by atoms with van der Waals surface area (Å²) in [4.78, 5) is 12.2. The lowest BCUT2D eigenvalue weighted by Gasteiger charge is -2.10. The van der Waals surface area contributed by atoms with Crippen LogP contribution < -0.4 is 10.6 Å². The number of amides is 1. The van der Waals surface area contributed by atoms with Crippen molar-refractivity contribution in [2.75, 3.05) is 17.7 Å². The van der Waals surface area contributed by atoms with Gasteiger partial charge in [-0.25, -0.2) is 4.39 Å². The molecule has 0 aliphatic rings. The minimum absolute atomic E-state index is 0.253. The first-order chi connectivity index (χ1) is 9.11. The van der Waals surface area contributed by atoms with E-state index in [2.05, 4.69) is 26.6 Å². The molecule has 19 heavy (non-hydrogen) atoms. The third-order valence-corrected chi connectivity index (χ3v) is 3.28. The Labute approximate surface area is 119 Å². The fraction of sp³-hybridized carbons (Fsp3) is 0.0714. The number of carbonyl (C=O) groups is 1. The Morgan fingerprint density at radius 3 is 2.58 bits per heavy atom. The Morgan fingerprint density at radius 1 is 1.16 bits per heavy atom. The highest BCUT2D eigenvalue weighted by atomic mass is 79.9. The molecular formula is C14H12BrFN2O. The van der Waals surface area contributed by atoms with Crippen molar-refractivity contribution in [1.82, 2.24) is 0 Å². The molecule has 0 unspecified atom stereocenters. The number of nitrogens with one attached hydrogen (secondary N) is 2. The highest BCUT2D eigenvalue weighted by molar-refractivity contribution is 9.10. The van der Waals surface area contributed by atoms with Crippen molar-refractivity contribution in [3.8, 4) is 0 Å². The Balaban J connectivity index is 2.26. The standard InChI is InChI=1S/C14H12BrFN2O/c1-17-12-5-3-2-4-10(12)14(19)18-13-7-6-9(16)8-11(13)15/h2-8,17H,1H3,(H,18,19). The first-order valence-electron chi connectivity index (χ1n) is 5.65. The summed E-state index contributed by atoms with van der Waals surface area (Å²) in [5.41, 5.74) is 1.79. The highest BCUT2D eigenvalue weighted by Crippen LogP contribution is 2.24. The predicted molar refractivity (Wildman–Crippen MR) is 78.0 cm³/mol. The summed E-state index contributed by atoms with van der Waals surface area (Å²) in [5.74, 6) is -0.613. The van der Waals surface area contributed by atoms with Crippen molar-refractivity contribution in [2.45, 2.75) is 0 Å². The molecule has 1 amide bonds. The summed E-state index contributed by atoms with van der Waals surface area (Å²) in [5, 5.41) is 5.69. The number of anilines is 2. The van der Waals surface area contributed by atoms with Crippen molar-refractivity contribution in [3.63, 3.8) is 0 Å². The maximum Gasteiger partial charge on any atom is 0.257 e. The van der Waals surface area contributed by atoms with Gasteiger partial charge in [0.15, 0.2) is 0 Å². The fourth-order valence-corrected chi connectivity index (χ4v) is 2.13. The lowest BCUT2D eigenvalue weighted by molar-refractivity contribution is 0.102. The molecular weight excluding hydrogens is 311 g/mol. The molecule has 0 aliphatic carbocycles. The van der Waals surface area contributed by atoms with E-state index in [-0.39, 0.29) is 11.7 Å². The third-order valence-electron chi connectivity index (χ3n) is 2.62. The van der Waals surface area contributed by atoms with Gasteiger partial charge in [-0.3, -0.25) is 4.79 Å². The van der Waals surface area contributed by atoms with Gasteiger partial charge in [-0.05, 0) is 46.3 Å². The lowest BCUT2D eigenvalue weighted by Crippen LogP contribution is -2.14. The summed E-state index contributed by atoms with van der Waals surface area (Å²) in [6, 6.07) is 11.3. The molecule has 0 heterocycles. The van der Waals surface area contributed by atoms with Crippen molar-refractivity contribution >= 4 is 33.2 Å². The van der Waals surface area contributed by atoms with E-state index in [1.165, 1.54) is 18.2 Å². The second-order valence-electron chi connectivity index (χ2n) is 3.87. The topological polar surface area (TPSA) is 41.1 Å². The van der Waals surface area contributed by atoms with Crippen molar-refractivity contribution in [3.05, 3.63) is 58.3 Å². The van der Waals surface area contributed by atoms with Crippen LogP contribution in [0.15, 0.2) is 46.9 Å². The van der Waals surface area contributed by atoms with Gasteiger partial charge < -0.3 is 10.6 Å². The fourth-order valence-electron chi connectivity index (χ4n) is 1.68. The van der Waals surface area contributed by atoms with Crippen LogP contribution in [0.4, 0.5) is 15.8 Å². The van der Waals surface area contributed by atoms with Crippen LogP contribution in [0, 0.1) is 5.82 Å². The van der Waals surface area contributed by atoms with E-state index in [0.29, 0.717) is 15.7 Å². The normalized spacial score (nSPS) is 10.1. The van der Waals surface area contributed by atoms with Gasteiger partial charge in [0.2, 0.25) is 0 Å². The van der Waals surface area contributed by atoms with Crippen LogP contribution in [0.2, 0.25) is 0 Å². The van der Waals surface area contributed by atoms with E-state index < -0.39 is 0 Å². The van der Waals surface area contributed by atoms with Crippen LogP contribution in [0.25, 0.3) is 0 Å². The molecule has 3 nitrogen and oxygen atoms in total. The van der Waals surface area contributed by atoms with E-state index in [4.69, 9.17) is 0 Å². The maximum atomic E-state index is 13.0. The lowest BCUT2D eigenvalue weighted by atomic mass is 10.1. The largest absolute Gasteiger partial charge is 0.387 e. The Hall–Kier alpha value is -1.88. The molecule has 2 aromatic rings. The summed E-state index contributed by atoms with van der Waals surface area (Å²) >= 11 is 3.21. The minimum atomic E-state index is -0.361. The molecule has 2 rings (SSSR count). The van der Waals surface area contributed by atoms with Crippen LogP contribution in [0.1, 0.15) is 10.4 Å². The van der Waals surface area contributed by atoms with Crippen molar-refractivity contribution < 1.29 is 9.18 Å². The monoisotopic (exact) mass is 322 g/mol. The van der Waals surface area contributed by atoms with Gasteiger partial charge in [0.25, 0.3) is 5.91 Å². The summed E-state index contributed by atoms with van der Waals surface area (Å²) in [6.07, 6.45) is 0. The summed E-state index contributed by atoms with van der Waals surface area (Å²) in [7, 11) is 1.75. The second kappa shape index (κ2) is 5.84. The molecule has 5 heteroatoms. The Kier molecular flexibility index (Phi) is 4.16. The zero-order valence-electron chi connectivity index (χ0n) is 10.2. The maximum absolute atomic E-state index is 13.0. The average molecular weight is 323 g/mol. The SMILES string of the molecule is CNc1ccccc1C(=O)Nc1ccc(F)cc1Br. The average Bonchev–Trinajstić information content (AvgIpc) is 2.41. The third kappa shape index (κ3) is 3.12. The predicted octanol–water partition coefficient (Wildman–Crippen LogP) is 3.88. The van der Waals surface area contributed by atoms with Crippen molar-refractivity contribution in [1.29, 1.82) is 0 Å². The number of rotatable bonds is 3. The van der Waals surface area contributed by atoms with Gasteiger partial charge in [-0.15, -0.1) is 0 Å². The first kappa shape index (κ1) is 13.5. The molecule has 0 spiro atoms. The van der Waals surface area contributed by atoms with Gasteiger partial charge in [0.1, 0.15) is 5.82 Å². The van der Waals surface area contributed by atoms with Crippen LogP contribution in [0.3, 0.4) is 0 Å². The number of hydrogen-bond acceptors (Lipinski definition) is 2. The van der Waals surface area contributed by atoms with Crippen LogP contribution >= 0.6 is 15.9 Å². The van der Waals surface area contributed by atoms with E-state index in [9.17, 15) is 9.18 Å². The smallest absolute Gasteiger partial charge is 0.257 e. The quantitative estimate of drug-likeness (QED) is 0.900. The van der Waals surface area contributed by atoms with E-state index >= 15 is 0 Å². The van der Waals surface area contributed by atoms with Gasteiger partial charge >= 0.3 is 0 Å². The van der Waals surface area contributed by atoms with Gasteiger partial charge in [0.05, 0.1) is 11.3 Å². The minimum Gasteiger partial charge on any atom is -0.387 e. The van der Waals surface area contributed by atoms with E-state index in [1.54, 1.807) is 19.2 Å². The number of benzene rings is 2. The van der Waals surface area contributed by atoms with Gasteiger partial charge in [-0.2, -0.15) is 0 Å². The van der Waals surface area contributed by atoms with Gasteiger partial charge in [-0.1, -0.05) is 12.1 Å². The zero-order valence-corrected chi connectivity index (χ0v) is 11.8. The number of para-hydroxylation sites is 1. The molecule has 98 valence electrons. The molecule has 2 aromatic carbocycles. The summed E-state index contributed by atoms with van der Waals surface area (Å²) in [6.45, 7) is 0. The molecule has 0 saturated heterocycles. The Bertz CT molecular complexity index is 616. The van der Waals surface area contributed by atoms with Crippen molar-refractivity contribution in [2.24, 2.45) is 0 Å². The number of hydrogen-bond donors (Lipinski definition) is 2. The molecule has 0 saturated carbocycles.